The summed E-state index contributed by atoms with van der Waals surface area (Å²) < 4.78 is 40.4. The van der Waals surface area contributed by atoms with Gasteiger partial charge in [-0.15, -0.1) is 0 Å². The lowest BCUT2D eigenvalue weighted by atomic mass is 10.0. The van der Waals surface area contributed by atoms with E-state index in [4.69, 9.17) is 4.74 Å². The standard InChI is InChI=1S/C11H22F3NO/c1-4-10(2,3)15-7-9-16-8-5-6-11(12,13)14/h15H,4-9H2,1-3H3. The average Bonchev–Trinajstić information content (AvgIpc) is 2.14. The Morgan fingerprint density at radius 2 is 1.75 bits per heavy atom. The molecule has 2 nitrogen and oxygen atoms in total. The maximum absolute atomic E-state index is 11.8. The molecule has 0 rings (SSSR count). The third kappa shape index (κ3) is 10.2. The third-order valence-corrected chi connectivity index (χ3v) is 2.48. The second-order valence-electron chi connectivity index (χ2n) is 4.50. The molecule has 0 bridgehead atoms. The van der Waals surface area contributed by atoms with E-state index in [1.54, 1.807) is 0 Å². The Balaban J connectivity index is 3.29. The normalized spacial score (nSPS) is 13.1. The molecule has 0 spiro atoms. The van der Waals surface area contributed by atoms with Gasteiger partial charge in [0.1, 0.15) is 0 Å². The summed E-state index contributed by atoms with van der Waals surface area (Å²) in [6.45, 7) is 7.55. The first-order valence-corrected chi connectivity index (χ1v) is 5.66. The quantitative estimate of drug-likeness (QED) is 0.659. The molecule has 1 N–H and O–H groups in total. The number of hydrogen-bond acceptors (Lipinski definition) is 2. The van der Waals surface area contributed by atoms with Crippen LogP contribution in [-0.2, 0) is 4.74 Å². The van der Waals surface area contributed by atoms with Crippen LogP contribution in [0.1, 0.15) is 40.0 Å². The van der Waals surface area contributed by atoms with Crippen molar-refractivity contribution < 1.29 is 17.9 Å². The zero-order chi connectivity index (χ0) is 12.7. The Labute approximate surface area is 95.5 Å². The van der Waals surface area contributed by atoms with Crippen molar-refractivity contribution in [1.29, 1.82) is 0 Å². The number of ether oxygens (including phenoxy) is 1. The van der Waals surface area contributed by atoms with E-state index >= 15 is 0 Å². The van der Waals surface area contributed by atoms with Gasteiger partial charge in [0.15, 0.2) is 0 Å². The van der Waals surface area contributed by atoms with Gasteiger partial charge >= 0.3 is 6.18 Å². The molecule has 0 aliphatic carbocycles. The minimum absolute atomic E-state index is 0.0423. The summed E-state index contributed by atoms with van der Waals surface area (Å²) in [5.74, 6) is 0. The first-order valence-electron chi connectivity index (χ1n) is 5.66. The predicted octanol–water partition coefficient (Wildman–Crippen LogP) is 3.12. The van der Waals surface area contributed by atoms with Crippen molar-refractivity contribution >= 4 is 0 Å². The highest BCUT2D eigenvalue weighted by molar-refractivity contribution is 4.74. The highest BCUT2D eigenvalue weighted by Gasteiger charge is 2.25. The van der Waals surface area contributed by atoms with Crippen LogP contribution in [0.2, 0.25) is 0 Å². The second-order valence-corrected chi connectivity index (χ2v) is 4.50. The van der Waals surface area contributed by atoms with Crippen molar-refractivity contribution in [1.82, 2.24) is 5.32 Å². The molecule has 0 radical (unpaired) electrons. The van der Waals surface area contributed by atoms with Crippen molar-refractivity contribution in [3.8, 4) is 0 Å². The Morgan fingerprint density at radius 3 is 2.25 bits per heavy atom. The van der Waals surface area contributed by atoms with Gasteiger partial charge in [-0.2, -0.15) is 13.2 Å². The van der Waals surface area contributed by atoms with Crippen LogP contribution in [0.25, 0.3) is 0 Å². The Bertz CT molecular complexity index is 181. The van der Waals surface area contributed by atoms with Crippen molar-refractivity contribution in [2.45, 2.75) is 51.7 Å². The van der Waals surface area contributed by atoms with E-state index in [-0.39, 0.29) is 18.6 Å². The summed E-state index contributed by atoms with van der Waals surface area (Å²) in [6.07, 6.45) is -3.78. The van der Waals surface area contributed by atoms with Crippen LogP contribution >= 0.6 is 0 Å². The van der Waals surface area contributed by atoms with Crippen molar-refractivity contribution in [2.75, 3.05) is 19.8 Å². The summed E-state index contributed by atoms with van der Waals surface area (Å²) in [4.78, 5) is 0. The monoisotopic (exact) mass is 241 g/mol. The first kappa shape index (κ1) is 15.7. The lowest BCUT2D eigenvalue weighted by molar-refractivity contribution is -0.137. The van der Waals surface area contributed by atoms with E-state index in [2.05, 4.69) is 26.1 Å². The van der Waals surface area contributed by atoms with E-state index in [0.717, 1.165) is 6.42 Å². The number of halogens is 3. The highest BCUT2D eigenvalue weighted by atomic mass is 19.4. The second kappa shape index (κ2) is 7.12. The van der Waals surface area contributed by atoms with Gasteiger partial charge in [0.05, 0.1) is 6.61 Å². The van der Waals surface area contributed by atoms with Gasteiger partial charge in [-0.1, -0.05) is 6.92 Å². The molecular formula is C11H22F3NO. The maximum Gasteiger partial charge on any atom is 0.389 e. The fourth-order valence-corrected chi connectivity index (χ4v) is 1.06. The van der Waals surface area contributed by atoms with Gasteiger partial charge in [0, 0.05) is 25.1 Å². The molecule has 16 heavy (non-hydrogen) atoms. The van der Waals surface area contributed by atoms with E-state index in [1.165, 1.54) is 0 Å². The minimum Gasteiger partial charge on any atom is -0.380 e. The van der Waals surface area contributed by atoms with Gasteiger partial charge in [0.25, 0.3) is 0 Å². The number of nitrogens with one attached hydrogen (secondary N) is 1. The molecular weight excluding hydrogens is 219 g/mol. The number of hydrogen-bond donors (Lipinski definition) is 1. The topological polar surface area (TPSA) is 21.3 Å². The molecule has 0 saturated carbocycles. The van der Waals surface area contributed by atoms with Gasteiger partial charge in [-0.3, -0.25) is 0 Å². The summed E-state index contributed by atoms with van der Waals surface area (Å²) in [7, 11) is 0. The largest absolute Gasteiger partial charge is 0.389 e. The van der Waals surface area contributed by atoms with Crippen LogP contribution in [0.4, 0.5) is 13.2 Å². The SMILES string of the molecule is CCC(C)(C)NCCOCCCC(F)(F)F. The first-order chi connectivity index (χ1) is 7.27. The molecule has 0 aromatic heterocycles. The minimum atomic E-state index is -4.06. The highest BCUT2D eigenvalue weighted by Crippen LogP contribution is 2.20. The smallest absolute Gasteiger partial charge is 0.380 e. The van der Waals surface area contributed by atoms with Crippen LogP contribution in [0.5, 0.6) is 0 Å². The molecule has 98 valence electrons. The van der Waals surface area contributed by atoms with Crippen LogP contribution in [-0.4, -0.2) is 31.5 Å². The summed E-state index contributed by atoms with van der Waals surface area (Å²) >= 11 is 0. The Kier molecular flexibility index (Phi) is 6.99. The molecule has 0 aliphatic heterocycles. The van der Waals surface area contributed by atoms with Gasteiger partial charge in [0.2, 0.25) is 0 Å². The number of rotatable bonds is 8. The molecule has 5 heteroatoms. The van der Waals surface area contributed by atoms with Gasteiger partial charge in [-0.25, -0.2) is 0 Å². The average molecular weight is 241 g/mol. The van der Waals surface area contributed by atoms with E-state index in [0.29, 0.717) is 13.2 Å². The Morgan fingerprint density at radius 1 is 1.12 bits per heavy atom. The molecule has 0 heterocycles. The molecule has 0 unspecified atom stereocenters. The summed E-state index contributed by atoms with van der Waals surface area (Å²) in [5.41, 5.74) is 0.0648. The molecule has 0 aromatic carbocycles. The molecule has 0 atom stereocenters. The fraction of sp³-hybridized carbons (Fsp3) is 1.00. The lowest BCUT2D eigenvalue weighted by Gasteiger charge is -2.24. The maximum atomic E-state index is 11.8. The van der Waals surface area contributed by atoms with Crippen LogP contribution in [0.3, 0.4) is 0 Å². The predicted molar refractivity (Wildman–Crippen MR) is 58.5 cm³/mol. The van der Waals surface area contributed by atoms with E-state index in [1.807, 2.05) is 0 Å². The Hall–Kier alpha value is -0.290. The molecule has 0 saturated heterocycles. The number of alkyl halides is 3. The van der Waals surface area contributed by atoms with Gasteiger partial charge < -0.3 is 10.1 Å². The fourth-order valence-electron chi connectivity index (χ4n) is 1.06. The van der Waals surface area contributed by atoms with Crippen LogP contribution in [0, 0.1) is 0 Å². The van der Waals surface area contributed by atoms with Crippen molar-refractivity contribution in [2.24, 2.45) is 0 Å². The summed E-state index contributed by atoms with van der Waals surface area (Å²) in [6, 6.07) is 0. The molecule has 0 amide bonds. The lowest BCUT2D eigenvalue weighted by Crippen LogP contribution is -2.40. The zero-order valence-electron chi connectivity index (χ0n) is 10.3. The van der Waals surface area contributed by atoms with Gasteiger partial charge in [-0.05, 0) is 26.7 Å². The third-order valence-electron chi connectivity index (χ3n) is 2.48. The molecule has 0 aliphatic rings. The molecule has 0 fully saturated rings. The van der Waals surface area contributed by atoms with Crippen molar-refractivity contribution in [3.05, 3.63) is 0 Å². The summed E-state index contributed by atoms with van der Waals surface area (Å²) in [5, 5.41) is 3.27. The van der Waals surface area contributed by atoms with E-state index < -0.39 is 12.6 Å². The van der Waals surface area contributed by atoms with Crippen molar-refractivity contribution in [3.63, 3.8) is 0 Å². The molecule has 0 aromatic rings. The van der Waals surface area contributed by atoms with Crippen LogP contribution in [0.15, 0.2) is 0 Å². The van der Waals surface area contributed by atoms with Crippen LogP contribution < -0.4 is 5.32 Å². The zero-order valence-corrected chi connectivity index (χ0v) is 10.3. The van der Waals surface area contributed by atoms with E-state index in [9.17, 15) is 13.2 Å².